The van der Waals surface area contributed by atoms with Crippen LogP contribution in [0.25, 0.3) is 0 Å². The van der Waals surface area contributed by atoms with Crippen molar-refractivity contribution in [3.63, 3.8) is 0 Å². The Bertz CT molecular complexity index is 285. The first-order valence-electron chi connectivity index (χ1n) is 5.72. The number of hydrogen-bond donors (Lipinski definition) is 0. The van der Waals surface area contributed by atoms with E-state index >= 15 is 0 Å². The maximum absolute atomic E-state index is 11.2. The first-order valence-corrected chi connectivity index (χ1v) is 5.72. The first-order chi connectivity index (χ1) is 7.20. The van der Waals surface area contributed by atoms with E-state index in [4.69, 9.17) is 4.74 Å². The van der Waals surface area contributed by atoms with E-state index in [1.807, 2.05) is 6.08 Å². The summed E-state index contributed by atoms with van der Waals surface area (Å²) in [5, 5.41) is 0. The van der Waals surface area contributed by atoms with E-state index in [-0.39, 0.29) is 5.78 Å². The highest BCUT2D eigenvalue weighted by Crippen LogP contribution is 2.26. The summed E-state index contributed by atoms with van der Waals surface area (Å²) in [5.74, 6) is 0.904. The summed E-state index contributed by atoms with van der Waals surface area (Å²) in [6.07, 6.45) is 4.89. The lowest BCUT2D eigenvalue weighted by atomic mass is 9.95. The number of ether oxygens (including phenoxy) is 1. The van der Waals surface area contributed by atoms with Crippen LogP contribution in [0.4, 0.5) is 0 Å². The van der Waals surface area contributed by atoms with Crippen molar-refractivity contribution in [2.24, 2.45) is 5.92 Å². The molecule has 0 aromatic rings. The molecule has 84 valence electrons. The molecule has 1 heterocycles. The van der Waals surface area contributed by atoms with Crippen LogP contribution in [0.1, 0.15) is 26.2 Å². The van der Waals surface area contributed by atoms with Crippen LogP contribution in [0.15, 0.2) is 11.8 Å². The Balaban J connectivity index is 2.00. The van der Waals surface area contributed by atoms with Crippen molar-refractivity contribution in [3.8, 4) is 0 Å². The number of rotatable bonds is 2. The van der Waals surface area contributed by atoms with Crippen LogP contribution < -0.4 is 0 Å². The van der Waals surface area contributed by atoms with E-state index in [2.05, 4.69) is 11.8 Å². The Morgan fingerprint density at radius 1 is 1.47 bits per heavy atom. The second kappa shape index (κ2) is 4.35. The molecule has 0 bridgehead atoms. The maximum atomic E-state index is 11.2. The molecule has 1 aliphatic carbocycles. The van der Waals surface area contributed by atoms with Crippen LogP contribution in [0.3, 0.4) is 0 Å². The van der Waals surface area contributed by atoms with Gasteiger partial charge in [0.05, 0.1) is 6.10 Å². The molecule has 0 N–H and O–H groups in total. The zero-order valence-electron chi connectivity index (χ0n) is 9.53. The van der Waals surface area contributed by atoms with E-state index in [1.54, 1.807) is 7.11 Å². The van der Waals surface area contributed by atoms with Crippen molar-refractivity contribution in [1.29, 1.82) is 0 Å². The third kappa shape index (κ3) is 2.23. The molecular formula is C12H19NO2. The van der Waals surface area contributed by atoms with E-state index in [9.17, 15) is 4.79 Å². The van der Waals surface area contributed by atoms with Gasteiger partial charge in [-0.1, -0.05) is 6.92 Å². The van der Waals surface area contributed by atoms with Crippen molar-refractivity contribution in [3.05, 3.63) is 11.8 Å². The number of allylic oxidation sites excluding steroid dienone is 2. The fraction of sp³-hybridized carbons (Fsp3) is 0.750. The number of piperidine rings is 1. The van der Waals surface area contributed by atoms with E-state index in [1.165, 1.54) is 5.70 Å². The molecule has 0 saturated carbocycles. The van der Waals surface area contributed by atoms with Crippen LogP contribution in [0.2, 0.25) is 0 Å². The molecule has 2 unspecified atom stereocenters. The van der Waals surface area contributed by atoms with Crippen LogP contribution >= 0.6 is 0 Å². The summed E-state index contributed by atoms with van der Waals surface area (Å²) in [6, 6.07) is 0. The van der Waals surface area contributed by atoms with Gasteiger partial charge in [0.15, 0.2) is 5.78 Å². The summed E-state index contributed by atoms with van der Waals surface area (Å²) in [5.41, 5.74) is 1.22. The van der Waals surface area contributed by atoms with Gasteiger partial charge < -0.3 is 9.64 Å². The maximum Gasteiger partial charge on any atom is 0.157 e. The predicted octanol–water partition coefficient (Wildman–Crippen LogP) is 1.59. The zero-order valence-corrected chi connectivity index (χ0v) is 9.53. The quantitative estimate of drug-likeness (QED) is 0.691. The molecule has 1 saturated heterocycles. The molecule has 3 heteroatoms. The molecular weight excluding hydrogens is 190 g/mol. The van der Waals surface area contributed by atoms with Crippen LogP contribution in [0.5, 0.6) is 0 Å². The van der Waals surface area contributed by atoms with Gasteiger partial charge in [0.25, 0.3) is 0 Å². The van der Waals surface area contributed by atoms with Crippen molar-refractivity contribution in [2.75, 3.05) is 20.2 Å². The lowest BCUT2D eigenvalue weighted by Crippen LogP contribution is -2.43. The molecule has 0 radical (unpaired) electrons. The van der Waals surface area contributed by atoms with Gasteiger partial charge in [-0.05, 0) is 18.8 Å². The third-order valence-electron chi connectivity index (χ3n) is 3.55. The van der Waals surface area contributed by atoms with Crippen molar-refractivity contribution >= 4 is 5.78 Å². The van der Waals surface area contributed by atoms with Crippen molar-refractivity contribution < 1.29 is 9.53 Å². The Morgan fingerprint density at radius 2 is 2.27 bits per heavy atom. The topological polar surface area (TPSA) is 29.5 Å². The smallest absolute Gasteiger partial charge is 0.157 e. The van der Waals surface area contributed by atoms with E-state index in [0.29, 0.717) is 18.4 Å². The monoisotopic (exact) mass is 209 g/mol. The van der Waals surface area contributed by atoms with Crippen LogP contribution in [-0.2, 0) is 9.53 Å². The Kier molecular flexibility index (Phi) is 3.10. The number of carbonyl (C=O) groups excluding carboxylic acids is 1. The minimum atomic E-state index is 0.276. The minimum Gasteiger partial charge on any atom is -0.379 e. The molecule has 2 atom stereocenters. The lowest BCUT2D eigenvalue weighted by molar-refractivity contribution is -0.114. The largest absolute Gasteiger partial charge is 0.379 e. The van der Waals surface area contributed by atoms with Crippen molar-refractivity contribution in [1.82, 2.24) is 4.90 Å². The first kappa shape index (κ1) is 10.7. The number of carbonyl (C=O) groups is 1. The van der Waals surface area contributed by atoms with Gasteiger partial charge in [0, 0.05) is 38.4 Å². The van der Waals surface area contributed by atoms with Gasteiger partial charge in [0.2, 0.25) is 0 Å². The molecule has 0 spiro atoms. The number of nitrogens with zero attached hydrogens (tertiary/aromatic N) is 1. The van der Waals surface area contributed by atoms with Crippen molar-refractivity contribution in [2.45, 2.75) is 32.3 Å². The summed E-state index contributed by atoms with van der Waals surface area (Å²) in [7, 11) is 1.78. The van der Waals surface area contributed by atoms with Gasteiger partial charge in [-0.3, -0.25) is 4.79 Å². The van der Waals surface area contributed by atoms with E-state index in [0.717, 1.165) is 25.9 Å². The molecule has 1 aliphatic heterocycles. The number of methoxy groups -OCH3 is 1. The van der Waals surface area contributed by atoms with Crippen LogP contribution in [0, 0.1) is 5.92 Å². The summed E-state index contributed by atoms with van der Waals surface area (Å²) in [6.45, 7) is 4.25. The van der Waals surface area contributed by atoms with Gasteiger partial charge in [-0.2, -0.15) is 0 Å². The molecule has 3 nitrogen and oxygen atoms in total. The molecule has 0 aromatic heterocycles. The normalized spacial score (nSPS) is 32.0. The molecule has 0 aromatic carbocycles. The summed E-state index contributed by atoms with van der Waals surface area (Å²) >= 11 is 0. The number of likely N-dealkylation sites (tertiary alicyclic amines) is 1. The van der Waals surface area contributed by atoms with Crippen LogP contribution in [-0.4, -0.2) is 37.0 Å². The highest BCUT2D eigenvalue weighted by molar-refractivity contribution is 5.92. The Hall–Kier alpha value is -0.830. The fourth-order valence-electron chi connectivity index (χ4n) is 2.43. The van der Waals surface area contributed by atoms with Gasteiger partial charge in [0.1, 0.15) is 0 Å². The molecule has 15 heavy (non-hydrogen) atoms. The van der Waals surface area contributed by atoms with Gasteiger partial charge in [-0.15, -0.1) is 0 Å². The SMILES string of the molecule is COC1CN(C2=CC(=O)CC2)CCC1C. The summed E-state index contributed by atoms with van der Waals surface area (Å²) < 4.78 is 5.47. The zero-order chi connectivity index (χ0) is 10.8. The molecule has 2 aliphatic rings. The van der Waals surface area contributed by atoms with Gasteiger partial charge in [-0.25, -0.2) is 0 Å². The molecule has 1 fully saturated rings. The number of ketones is 1. The predicted molar refractivity (Wildman–Crippen MR) is 58.5 cm³/mol. The molecule has 2 rings (SSSR count). The van der Waals surface area contributed by atoms with E-state index < -0.39 is 0 Å². The highest BCUT2D eigenvalue weighted by atomic mass is 16.5. The summed E-state index contributed by atoms with van der Waals surface area (Å²) in [4.78, 5) is 13.5. The minimum absolute atomic E-state index is 0.276. The number of hydrogen-bond acceptors (Lipinski definition) is 3. The average Bonchev–Trinajstić information content (AvgIpc) is 2.66. The highest BCUT2D eigenvalue weighted by Gasteiger charge is 2.28. The lowest BCUT2D eigenvalue weighted by Gasteiger charge is -2.38. The second-order valence-electron chi connectivity index (χ2n) is 4.59. The molecule has 0 amide bonds. The standard InChI is InChI=1S/C12H19NO2/c1-9-5-6-13(8-12(9)15-2)10-3-4-11(14)7-10/h7,9,12H,3-6,8H2,1-2H3. The third-order valence-corrected chi connectivity index (χ3v) is 3.55. The Morgan fingerprint density at radius 3 is 2.87 bits per heavy atom. The van der Waals surface area contributed by atoms with Gasteiger partial charge >= 0.3 is 0 Å². The average molecular weight is 209 g/mol. The second-order valence-corrected chi connectivity index (χ2v) is 4.59. The fourth-order valence-corrected chi connectivity index (χ4v) is 2.43. The Labute approximate surface area is 91.1 Å².